The number of amides is 4. The molecule has 2 heterocycles. The van der Waals surface area contributed by atoms with Crippen molar-refractivity contribution in [2.24, 2.45) is 5.92 Å². The van der Waals surface area contributed by atoms with E-state index >= 15 is 0 Å². The van der Waals surface area contributed by atoms with Crippen molar-refractivity contribution in [1.29, 1.82) is 0 Å². The van der Waals surface area contributed by atoms with E-state index in [1.165, 1.54) is 4.90 Å². The van der Waals surface area contributed by atoms with Crippen LogP contribution in [0.3, 0.4) is 0 Å². The van der Waals surface area contributed by atoms with E-state index in [4.69, 9.17) is 0 Å². The highest BCUT2D eigenvalue weighted by molar-refractivity contribution is 6.05. The van der Waals surface area contributed by atoms with E-state index in [2.05, 4.69) is 36.6 Å². The summed E-state index contributed by atoms with van der Waals surface area (Å²) in [6.45, 7) is 3.51. The van der Waals surface area contributed by atoms with Gasteiger partial charge < -0.3 is 16.0 Å². The van der Waals surface area contributed by atoms with E-state index in [9.17, 15) is 19.2 Å². The molecule has 0 bridgehead atoms. The van der Waals surface area contributed by atoms with E-state index in [0.717, 1.165) is 16.8 Å². The van der Waals surface area contributed by atoms with Crippen molar-refractivity contribution in [3.8, 4) is 0 Å². The van der Waals surface area contributed by atoms with Crippen molar-refractivity contribution < 1.29 is 19.2 Å². The summed E-state index contributed by atoms with van der Waals surface area (Å²) >= 11 is 0. The van der Waals surface area contributed by atoms with E-state index in [-0.39, 0.29) is 37.2 Å². The fourth-order valence-electron chi connectivity index (χ4n) is 4.98. The van der Waals surface area contributed by atoms with Crippen LogP contribution in [0, 0.1) is 5.92 Å². The summed E-state index contributed by atoms with van der Waals surface area (Å²) in [5, 5.41) is 21.9. The Labute approximate surface area is 251 Å². The first-order valence-corrected chi connectivity index (χ1v) is 14.4. The summed E-state index contributed by atoms with van der Waals surface area (Å²) < 4.78 is 0.568. The fourth-order valence-corrected chi connectivity index (χ4v) is 4.98. The summed E-state index contributed by atoms with van der Waals surface area (Å²) in [5.41, 5.74) is 3.33. The van der Waals surface area contributed by atoms with Crippen molar-refractivity contribution >= 4 is 35.0 Å². The Balaban J connectivity index is 1.48. The number of tetrazole rings is 1. The quantitative estimate of drug-likeness (QED) is 0.228. The number of rotatable bonds is 12. The molecule has 13 heteroatoms. The van der Waals surface area contributed by atoms with Crippen LogP contribution in [0.15, 0.2) is 48.5 Å². The van der Waals surface area contributed by atoms with Gasteiger partial charge in [0.25, 0.3) is 0 Å². The molecule has 4 rings (SSSR count). The van der Waals surface area contributed by atoms with Crippen LogP contribution in [0.2, 0.25) is 0 Å². The lowest BCUT2D eigenvalue weighted by atomic mass is 9.98. The molecular formula is C30H40N9O4+. The average molecular weight is 591 g/mol. The first kappa shape index (κ1) is 31.3. The molecule has 1 unspecified atom stereocenters. The van der Waals surface area contributed by atoms with Crippen LogP contribution in [0.25, 0.3) is 0 Å². The Morgan fingerprint density at radius 3 is 2.47 bits per heavy atom. The second kappa shape index (κ2) is 13.6. The van der Waals surface area contributed by atoms with E-state index in [0.29, 0.717) is 28.8 Å². The van der Waals surface area contributed by atoms with Gasteiger partial charge in [-0.15, -0.1) is 10.2 Å². The van der Waals surface area contributed by atoms with E-state index in [1.54, 1.807) is 0 Å². The predicted molar refractivity (Wildman–Crippen MR) is 162 cm³/mol. The van der Waals surface area contributed by atoms with Crippen LogP contribution in [0.1, 0.15) is 37.2 Å². The van der Waals surface area contributed by atoms with Gasteiger partial charge in [0.2, 0.25) is 23.6 Å². The third-order valence-corrected chi connectivity index (χ3v) is 7.64. The first-order valence-electron chi connectivity index (χ1n) is 14.4. The van der Waals surface area contributed by atoms with Crippen molar-refractivity contribution in [2.75, 3.05) is 32.6 Å². The summed E-state index contributed by atoms with van der Waals surface area (Å²) in [6.07, 6.45) is 1.10. The van der Waals surface area contributed by atoms with Gasteiger partial charge in [0.1, 0.15) is 17.8 Å². The largest absolute Gasteiger partial charge is 0.347 e. The molecule has 0 saturated carbocycles. The molecule has 4 N–H and O–H groups in total. The highest BCUT2D eigenvalue weighted by Gasteiger charge is 2.39. The lowest BCUT2D eigenvalue weighted by Gasteiger charge is -2.27. The van der Waals surface area contributed by atoms with Crippen molar-refractivity contribution in [1.82, 2.24) is 41.1 Å². The molecule has 0 aliphatic carbocycles. The Kier molecular flexibility index (Phi) is 9.86. The minimum Gasteiger partial charge on any atom is -0.347 e. The molecule has 2 aromatic carbocycles. The number of aromatic nitrogens is 4. The van der Waals surface area contributed by atoms with Gasteiger partial charge in [-0.3, -0.25) is 28.6 Å². The molecule has 4 amide bonds. The van der Waals surface area contributed by atoms with Gasteiger partial charge in [0.05, 0.1) is 40.7 Å². The Morgan fingerprint density at radius 2 is 1.81 bits per heavy atom. The fraction of sp³-hybridized carbons (Fsp3) is 0.433. The number of carbonyl (C=O) groups excluding carboxylic acids is 4. The van der Waals surface area contributed by atoms with Gasteiger partial charge in [0, 0.05) is 24.2 Å². The number of fused-ring (bicyclic) bond motifs is 1. The van der Waals surface area contributed by atoms with Crippen molar-refractivity contribution in [2.45, 2.75) is 51.7 Å². The highest BCUT2D eigenvalue weighted by atomic mass is 16.2. The topological polar surface area (TPSA) is 162 Å². The molecule has 3 atom stereocenters. The van der Waals surface area contributed by atoms with Crippen molar-refractivity contribution in [3.63, 3.8) is 0 Å². The highest BCUT2D eigenvalue weighted by Crippen LogP contribution is 2.36. The summed E-state index contributed by atoms with van der Waals surface area (Å²) in [5.74, 6) is -1.41. The number of aromatic amines is 1. The van der Waals surface area contributed by atoms with Gasteiger partial charge >= 0.3 is 0 Å². The molecule has 0 saturated heterocycles. The van der Waals surface area contributed by atoms with Gasteiger partial charge in [-0.1, -0.05) is 55.8 Å². The predicted octanol–water partition coefficient (Wildman–Crippen LogP) is 0.860. The first-order chi connectivity index (χ1) is 20.5. The zero-order valence-corrected chi connectivity index (χ0v) is 25.3. The normalized spacial score (nSPS) is 15.7. The number of anilines is 1. The van der Waals surface area contributed by atoms with Crippen LogP contribution in [0.5, 0.6) is 0 Å². The molecule has 0 fully saturated rings. The Morgan fingerprint density at radius 1 is 1.07 bits per heavy atom. The molecule has 1 aliphatic heterocycles. The summed E-state index contributed by atoms with van der Waals surface area (Å²) in [7, 11) is 6.11. The molecule has 1 aliphatic rings. The van der Waals surface area contributed by atoms with Crippen LogP contribution >= 0.6 is 0 Å². The number of benzene rings is 2. The third kappa shape index (κ3) is 7.80. The molecular weight excluding hydrogens is 550 g/mol. The zero-order chi connectivity index (χ0) is 31.1. The summed E-state index contributed by atoms with van der Waals surface area (Å²) in [4.78, 5) is 54.5. The number of nitrogens with zero attached hydrogens (tertiary/aromatic N) is 5. The lowest BCUT2D eigenvalue weighted by Crippen LogP contribution is -2.54. The van der Waals surface area contributed by atoms with Crippen LogP contribution in [0.4, 0.5) is 11.4 Å². The molecule has 1 aromatic heterocycles. The molecule has 0 spiro atoms. The maximum Gasteiger partial charge on any atom is 0.247 e. The van der Waals surface area contributed by atoms with Gasteiger partial charge in [-0.2, -0.15) is 5.21 Å². The second-order valence-electron chi connectivity index (χ2n) is 11.7. The SMILES string of the molecule is CC[C@H](C)[C@H](NC(=O)Cc1ccccc1)C(=O)NCC(=O)N1c2ccc([N+](C)(C)C)cc2CC1C(=O)NCc1nn[nH]n1. The van der Waals surface area contributed by atoms with Crippen LogP contribution in [-0.4, -0.2) is 84.0 Å². The zero-order valence-electron chi connectivity index (χ0n) is 25.3. The van der Waals surface area contributed by atoms with Gasteiger partial charge in [0.15, 0.2) is 5.82 Å². The Hall–Kier alpha value is -4.65. The van der Waals surface area contributed by atoms with Gasteiger partial charge in [-0.25, -0.2) is 0 Å². The lowest BCUT2D eigenvalue weighted by molar-refractivity contribution is -0.131. The minimum absolute atomic E-state index is 0.0460. The monoisotopic (exact) mass is 590 g/mol. The smallest absolute Gasteiger partial charge is 0.247 e. The number of quaternary nitrogens is 1. The third-order valence-electron chi connectivity index (χ3n) is 7.64. The number of H-pyrrole nitrogens is 1. The standard InChI is InChI=1S/C30H39N9O4/c1-6-19(2)28(33-26(40)14-20-10-8-7-9-11-20)30(43)32-18-27(41)38-23-13-12-22(39(3,4)5)15-21(23)16-24(38)29(42)31-17-25-34-36-37-35-25/h7-13,15,19,24,28H,6,14,16-18H2,1-5H3,(H3-,31,32,33,34,35,36,37,40,42,43)/p+1/t19-,24?,28-/m0/s1. The Bertz CT molecular complexity index is 1440. The number of hydrogen-bond acceptors (Lipinski definition) is 7. The molecule has 13 nitrogen and oxygen atoms in total. The van der Waals surface area contributed by atoms with Crippen molar-refractivity contribution in [3.05, 3.63) is 65.5 Å². The maximum atomic E-state index is 13.7. The van der Waals surface area contributed by atoms with Gasteiger partial charge in [-0.05, 0) is 23.1 Å². The van der Waals surface area contributed by atoms with Crippen LogP contribution < -0.4 is 25.3 Å². The molecule has 3 aromatic rings. The van der Waals surface area contributed by atoms with E-state index < -0.39 is 23.9 Å². The average Bonchev–Trinajstić information content (AvgIpc) is 3.64. The summed E-state index contributed by atoms with van der Waals surface area (Å²) in [6, 6.07) is 13.4. The number of carbonyl (C=O) groups is 4. The molecule has 43 heavy (non-hydrogen) atoms. The molecule has 228 valence electrons. The maximum absolute atomic E-state index is 13.7. The molecule has 0 radical (unpaired) electrons. The van der Waals surface area contributed by atoms with E-state index in [1.807, 2.05) is 83.5 Å². The number of nitrogens with one attached hydrogen (secondary N) is 4. The second-order valence-corrected chi connectivity index (χ2v) is 11.7. The minimum atomic E-state index is -0.829. The number of hydrogen-bond donors (Lipinski definition) is 4. The van der Waals surface area contributed by atoms with Crippen LogP contribution in [-0.2, 0) is 38.6 Å².